The molecule has 0 bridgehead atoms. The molecule has 1 nitrogen and oxygen atoms in total. The van der Waals surface area contributed by atoms with Crippen LogP contribution in [0.3, 0.4) is 0 Å². The molecule has 2 aromatic rings. The summed E-state index contributed by atoms with van der Waals surface area (Å²) in [5.41, 5.74) is 3.59. The molecule has 0 N–H and O–H groups in total. The van der Waals surface area contributed by atoms with Crippen LogP contribution >= 0.6 is 11.6 Å². The van der Waals surface area contributed by atoms with Gasteiger partial charge in [0.25, 0.3) is 0 Å². The maximum absolute atomic E-state index is 5.88. The number of hydrogen-bond acceptors (Lipinski definition) is 1. The van der Waals surface area contributed by atoms with Crippen LogP contribution in [0.4, 0.5) is 0 Å². The first kappa shape index (κ1) is 13.1. The highest BCUT2D eigenvalue weighted by Gasteiger charge is 1.98. The first-order valence-corrected chi connectivity index (χ1v) is 6.60. The lowest BCUT2D eigenvalue weighted by molar-refractivity contribution is 0.121. The van der Waals surface area contributed by atoms with Gasteiger partial charge >= 0.3 is 0 Å². The summed E-state index contributed by atoms with van der Waals surface area (Å²) in [6.07, 6.45) is 1.06. The number of halogens is 1. The third-order valence-electron chi connectivity index (χ3n) is 2.75. The zero-order valence-corrected chi connectivity index (χ0v) is 11.3. The second-order valence-corrected chi connectivity index (χ2v) is 4.69. The van der Waals surface area contributed by atoms with Crippen molar-refractivity contribution in [2.75, 3.05) is 6.61 Å². The Balaban J connectivity index is 2.05. The van der Waals surface area contributed by atoms with Crippen LogP contribution in [0.2, 0.25) is 5.02 Å². The monoisotopic (exact) mass is 260 g/mol. The molecule has 2 aromatic carbocycles. The molecule has 0 spiro atoms. The zero-order chi connectivity index (χ0) is 12.8. The van der Waals surface area contributed by atoms with E-state index >= 15 is 0 Å². The first-order valence-electron chi connectivity index (χ1n) is 6.22. The molecule has 2 rings (SSSR count). The van der Waals surface area contributed by atoms with Crippen molar-refractivity contribution in [2.24, 2.45) is 0 Å². The van der Waals surface area contributed by atoms with Gasteiger partial charge in [-0.25, -0.2) is 0 Å². The molecule has 0 aliphatic rings. The summed E-state index contributed by atoms with van der Waals surface area (Å²) < 4.78 is 5.51. The predicted octanol–water partition coefficient (Wildman–Crippen LogP) is 4.93. The summed E-state index contributed by atoms with van der Waals surface area (Å²) in [6.45, 7) is 3.62. The molecule has 0 atom stereocenters. The summed E-state index contributed by atoms with van der Waals surface area (Å²) >= 11 is 5.88. The van der Waals surface area contributed by atoms with E-state index in [0.29, 0.717) is 6.61 Å². The van der Waals surface area contributed by atoms with E-state index in [9.17, 15) is 0 Å². The van der Waals surface area contributed by atoms with Gasteiger partial charge in [-0.3, -0.25) is 0 Å². The molecule has 0 aliphatic carbocycles. The van der Waals surface area contributed by atoms with E-state index in [1.165, 1.54) is 16.7 Å². The minimum Gasteiger partial charge on any atom is -0.377 e. The smallest absolute Gasteiger partial charge is 0.0716 e. The first-order chi connectivity index (χ1) is 8.79. The van der Waals surface area contributed by atoms with Gasteiger partial charge < -0.3 is 4.74 Å². The molecule has 0 saturated carbocycles. The Kier molecular flexibility index (Phi) is 4.80. The molecule has 0 aromatic heterocycles. The number of rotatable bonds is 5. The molecule has 0 heterocycles. The maximum atomic E-state index is 5.88. The van der Waals surface area contributed by atoms with Gasteiger partial charge in [0.15, 0.2) is 0 Å². The third kappa shape index (κ3) is 3.59. The fraction of sp³-hybridized carbons (Fsp3) is 0.250. The van der Waals surface area contributed by atoms with E-state index < -0.39 is 0 Å². The highest BCUT2D eigenvalue weighted by molar-refractivity contribution is 6.30. The van der Waals surface area contributed by atoms with Crippen molar-refractivity contribution in [3.05, 3.63) is 59.1 Å². The topological polar surface area (TPSA) is 9.23 Å². The lowest BCUT2D eigenvalue weighted by atomic mass is 10.0. The van der Waals surface area contributed by atoms with Crippen molar-refractivity contribution in [3.63, 3.8) is 0 Å². The molecule has 0 radical (unpaired) electrons. The fourth-order valence-electron chi connectivity index (χ4n) is 1.77. The lowest BCUT2D eigenvalue weighted by Crippen LogP contribution is -1.93. The van der Waals surface area contributed by atoms with Crippen LogP contribution in [-0.4, -0.2) is 6.61 Å². The Morgan fingerprint density at radius 1 is 0.889 bits per heavy atom. The van der Waals surface area contributed by atoms with Gasteiger partial charge in [-0.05, 0) is 35.2 Å². The number of ether oxygens (including phenoxy) is 1. The van der Waals surface area contributed by atoms with Crippen LogP contribution in [0.5, 0.6) is 0 Å². The average molecular weight is 261 g/mol. The van der Waals surface area contributed by atoms with E-state index in [-0.39, 0.29) is 0 Å². The average Bonchev–Trinajstić information content (AvgIpc) is 2.41. The second kappa shape index (κ2) is 6.58. The summed E-state index contributed by atoms with van der Waals surface area (Å²) in [5, 5.41) is 0.767. The van der Waals surface area contributed by atoms with Crippen LogP contribution in [0.25, 0.3) is 11.1 Å². The standard InChI is InChI=1S/C16H17ClO/c1-2-11-18-12-13-3-5-14(6-4-13)15-7-9-16(17)10-8-15/h3-10H,2,11-12H2,1H3. The van der Waals surface area contributed by atoms with Crippen LogP contribution in [-0.2, 0) is 11.3 Å². The molecule has 94 valence electrons. The van der Waals surface area contributed by atoms with Crippen molar-refractivity contribution in [2.45, 2.75) is 20.0 Å². The largest absolute Gasteiger partial charge is 0.377 e. The van der Waals surface area contributed by atoms with Crippen molar-refractivity contribution in [3.8, 4) is 11.1 Å². The number of hydrogen-bond donors (Lipinski definition) is 0. The Labute approximate surface area is 113 Å². The molecular formula is C16H17ClO. The zero-order valence-electron chi connectivity index (χ0n) is 10.5. The molecule has 0 saturated heterocycles. The fourth-order valence-corrected chi connectivity index (χ4v) is 1.90. The highest BCUT2D eigenvalue weighted by Crippen LogP contribution is 2.22. The van der Waals surface area contributed by atoms with E-state index in [0.717, 1.165) is 18.1 Å². The van der Waals surface area contributed by atoms with E-state index in [1.807, 2.05) is 24.3 Å². The molecule has 2 heteroatoms. The minimum absolute atomic E-state index is 0.689. The molecule has 0 amide bonds. The van der Waals surface area contributed by atoms with Gasteiger partial charge in [-0.2, -0.15) is 0 Å². The molecule has 0 unspecified atom stereocenters. The van der Waals surface area contributed by atoms with Crippen molar-refractivity contribution < 1.29 is 4.74 Å². The minimum atomic E-state index is 0.689. The van der Waals surface area contributed by atoms with Gasteiger partial charge in [0.1, 0.15) is 0 Å². The summed E-state index contributed by atoms with van der Waals surface area (Å²) in [6, 6.07) is 16.3. The lowest BCUT2D eigenvalue weighted by Gasteiger charge is -2.05. The second-order valence-electron chi connectivity index (χ2n) is 4.26. The molecule has 0 aliphatic heterocycles. The Morgan fingerprint density at radius 3 is 2.00 bits per heavy atom. The molecule has 0 fully saturated rings. The highest BCUT2D eigenvalue weighted by atomic mass is 35.5. The summed E-state index contributed by atoms with van der Waals surface area (Å²) in [4.78, 5) is 0. The van der Waals surface area contributed by atoms with Gasteiger partial charge in [0, 0.05) is 11.6 Å². The van der Waals surface area contributed by atoms with Crippen LogP contribution in [0, 0.1) is 0 Å². The van der Waals surface area contributed by atoms with Crippen molar-refractivity contribution in [1.82, 2.24) is 0 Å². The van der Waals surface area contributed by atoms with Gasteiger partial charge in [0.2, 0.25) is 0 Å². The Morgan fingerprint density at radius 2 is 1.44 bits per heavy atom. The van der Waals surface area contributed by atoms with E-state index in [1.54, 1.807) is 0 Å². The van der Waals surface area contributed by atoms with E-state index in [2.05, 4.69) is 31.2 Å². The van der Waals surface area contributed by atoms with Gasteiger partial charge in [0.05, 0.1) is 6.61 Å². The quantitative estimate of drug-likeness (QED) is 0.693. The third-order valence-corrected chi connectivity index (χ3v) is 3.00. The van der Waals surface area contributed by atoms with Crippen LogP contribution in [0.15, 0.2) is 48.5 Å². The molecular weight excluding hydrogens is 244 g/mol. The maximum Gasteiger partial charge on any atom is 0.0716 e. The SMILES string of the molecule is CCCOCc1ccc(-c2ccc(Cl)cc2)cc1. The normalized spacial score (nSPS) is 10.6. The van der Waals surface area contributed by atoms with Crippen molar-refractivity contribution >= 4 is 11.6 Å². The summed E-state index contributed by atoms with van der Waals surface area (Å²) in [5.74, 6) is 0. The van der Waals surface area contributed by atoms with Crippen LogP contribution < -0.4 is 0 Å². The van der Waals surface area contributed by atoms with E-state index in [4.69, 9.17) is 16.3 Å². The predicted molar refractivity (Wildman–Crippen MR) is 76.8 cm³/mol. The van der Waals surface area contributed by atoms with Crippen molar-refractivity contribution in [1.29, 1.82) is 0 Å². The summed E-state index contributed by atoms with van der Waals surface area (Å²) in [7, 11) is 0. The Bertz CT molecular complexity index is 473. The van der Waals surface area contributed by atoms with Gasteiger partial charge in [-0.1, -0.05) is 54.9 Å². The Hall–Kier alpha value is -1.31. The van der Waals surface area contributed by atoms with Crippen LogP contribution in [0.1, 0.15) is 18.9 Å². The number of benzene rings is 2. The molecule has 18 heavy (non-hydrogen) atoms. The van der Waals surface area contributed by atoms with Gasteiger partial charge in [-0.15, -0.1) is 0 Å².